The zero-order valence-corrected chi connectivity index (χ0v) is 11.9. The molecule has 1 atom stereocenters. The molecule has 4 saturated carbocycles. The van der Waals surface area contributed by atoms with Gasteiger partial charge in [-0.1, -0.05) is 6.92 Å². The number of hydrogen-bond donors (Lipinski definition) is 2. The summed E-state index contributed by atoms with van der Waals surface area (Å²) in [5, 5.41) is 3.25. The summed E-state index contributed by atoms with van der Waals surface area (Å²) in [4.78, 5) is 11.9. The van der Waals surface area contributed by atoms with Crippen molar-refractivity contribution < 1.29 is 4.79 Å². The van der Waals surface area contributed by atoms with Crippen molar-refractivity contribution in [1.82, 2.24) is 5.32 Å². The second kappa shape index (κ2) is 5.38. The van der Waals surface area contributed by atoms with Crippen LogP contribution >= 0.6 is 12.4 Å². The Balaban J connectivity index is 0.00000120. The average molecular weight is 273 g/mol. The minimum atomic E-state index is -0.313. The molecule has 1 amide bonds. The Bertz CT molecular complexity index is 293. The fraction of sp³-hybridized carbons (Fsp3) is 0.929. The first kappa shape index (κ1) is 14.1. The van der Waals surface area contributed by atoms with Gasteiger partial charge in [-0.15, -0.1) is 12.4 Å². The fourth-order valence-corrected chi connectivity index (χ4v) is 4.62. The molecule has 0 unspecified atom stereocenters. The van der Waals surface area contributed by atoms with E-state index in [4.69, 9.17) is 5.73 Å². The molecule has 0 radical (unpaired) electrons. The van der Waals surface area contributed by atoms with E-state index < -0.39 is 0 Å². The Morgan fingerprint density at radius 1 is 1.17 bits per heavy atom. The molecule has 104 valence electrons. The van der Waals surface area contributed by atoms with Gasteiger partial charge in [0.25, 0.3) is 0 Å². The standard InChI is InChI=1S/C14H24N2O.ClH/c1-2-12(15)14(17)16-13-10-4-8-3-9(6-10)7-11(13)5-8;/h8-13H,2-7,15H2,1H3,(H,16,17);1H/t8?,9?,10?,11?,12-,13?;/m0./s1. The molecule has 0 aromatic rings. The van der Waals surface area contributed by atoms with Gasteiger partial charge in [0, 0.05) is 6.04 Å². The van der Waals surface area contributed by atoms with Crippen molar-refractivity contribution in [2.24, 2.45) is 29.4 Å². The van der Waals surface area contributed by atoms with Gasteiger partial charge in [0.05, 0.1) is 6.04 Å². The number of rotatable bonds is 3. The summed E-state index contributed by atoms with van der Waals surface area (Å²) in [5.74, 6) is 3.50. The molecule has 0 aromatic carbocycles. The molecule has 0 spiro atoms. The fourth-order valence-electron chi connectivity index (χ4n) is 4.62. The van der Waals surface area contributed by atoms with Crippen molar-refractivity contribution in [3.05, 3.63) is 0 Å². The maximum Gasteiger partial charge on any atom is 0.237 e. The summed E-state index contributed by atoms with van der Waals surface area (Å²) in [5.41, 5.74) is 5.81. The molecule has 4 aliphatic carbocycles. The van der Waals surface area contributed by atoms with Gasteiger partial charge in [-0.3, -0.25) is 4.79 Å². The second-order valence-electron chi connectivity index (χ2n) is 6.48. The van der Waals surface area contributed by atoms with Crippen LogP contribution in [-0.4, -0.2) is 18.0 Å². The molecule has 0 heterocycles. The molecule has 4 aliphatic rings. The number of nitrogens with one attached hydrogen (secondary N) is 1. The first-order valence-electron chi connectivity index (χ1n) is 7.23. The lowest BCUT2D eigenvalue weighted by molar-refractivity contribution is -0.126. The van der Waals surface area contributed by atoms with Gasteiger partial charge in [0.1, 0.15) is 0 Å². The molecule has 18 heavy (non-hydrogen) atoms. The number of hydrogen-bond acceptors (Lipinski definition) is 2. The lowest BCUT2D eigenvalue weighted by Gasteiger charge is -2.54. The van der Waals surface area contributed by atoms with Crippen molar-refractivity contribution in [1.29, 1.82) is 0 Å². The number of halogens is 1. The average Bonchev–Trinajstić information content (AvgIpc) is 2.31. The number of amides is 1. The van der Waals surface area contributed by atoms with E-state index >= 15 is 0 Å². The minimum absolute atomic E-state index is 0. The molecule has 0 saturated heterocycles. The molecule has 4 fully saturated rings. The highest BCUT2D eigenvalue weighted by Crippen LogP contribution is 2.53. The maximum atomic E-state index is 11.9. The summed E-state index contributed by atoms with van der Waals surface area (Å²) >= 11 is 0. The quantitative estimate of drug-likeness (QED) is 0.827. The summed E-state index contributed by atoms with van der Waals surface area (Å²) in [6.45, 7) is 1.97. The molecule has 3 nitrogen and oxygen atoms in total. The van der Waals surface area contributed by atoms with Crippen LogP contribution in [0.4, 0.5) is 0 Å². The van der Waals surface area contributed by atoms with E-state index in [9.17, 15) is 4.79 Å². The number of carbonyl (C=O) groups excluding carboxylic acids is 1. The highest BCUT2D eigenvalue weighted by atomic mass is 35.5. The largest absolute Gasteiger partial charge is 0.351 e. The molecular weight excluding hydrogens is 248 g/mol. The van der Waals surface area contributed by atoms with E-state index in [0.717, 1.165) is 30.1 Å². The van der Waals surface area contributed by atoms with Crippen LogP contribution in [0.5, 0.6) is 0 Å². The third-order valence-corrected chi connectivity index (χ3v) is 5.31. The first-order chi connectivity index (χ1) is 8.17. The molecule has 0 aromatic heterocycles. The zero-order valence-electron chi connectivity index (χ0n) is 11.1. The highest BCUT2D eigenvalue weighted by molar-refractivity contribution is 5.85. The predicted octanol–water partition coefficient (Wildman–Crippen LogP) is 2.09. The van der Waals surface area contributed by atoms with E-state index in [1.165, 1.54) is 32.1 Å². The molecule has 3 N–H and O–H groups in total. The third kappa shape index (κ3) is 2.39. The van der Waals surface area contributed by atoms with E-state index in [2.05, 4.69) is 5.32 Å². The van der Waals surface area contributed by atoms with Crippen LogP contribution in [0, 0.1) is 23.7 Å². The monoisotopic (exact) mass is 272 g/mol. The molecular formula is C14H25ClN2O. The summed E-state index contributed by atoms with van der Waals surface area (Å²) in [6, 6.07) is 0.125. The van der Waals surface area contributed by atoms with Crippen LogP contribution in [0.15, 0.2) is 0 Å². The van der Waals surface area contributed by atoms with Crippen LogP contribution in [0.2, 0.25) is 0 Å². The van der Waals surface area contributed by atoms with E-state index in [1.807, 2.05) is 6.92 Å². The van der Waals surface area contributed by atoms with E-state index in [1.54, 1.807) is 0 Å². The highest BCUT2D eigenvalue weighted by Gasteiger charge is 2.48. The third-order valence-electron chi connectivity index (χ3n) is 5.31. The Kier molecular flexibility index (Phi) is 4.22. The summed E-state index contributed by atoms with van der Waals surface area (Å²) < 4.78 is 0. The van der Waals surface area contributed by atoms with Crippen LogP contribution in [-0.2, 0) is 4.79 Å². The molecule has 4 bridgehead atoms. The van der Waals surface area contributed by atoms with Crippen LogP contribution in [0.1, 0.15) is 45.4 Å². The van der Waals surface area contributed by atoms with Gasteiger partial charge in [-0.05, 0) is 62.2 Å². The van der Waals surface area contributed by atoms with Crippen molar-refractivity contribution in [3.8, 4) is 0 Å². The summed E-state index contributed by atoms with van der Waals surface area (Å²) in [7, 11) is 0. The molecule has 4 rings (SSSR count). The summed E-state index contributed by atoms with van der Waals surface area (Å²) in [6.07, 6.45) is 7.58. The van der Waals surface area contributed by atoms with Gasteiger partial charge in [0.2, 0.25) is 5.91 Å². The Morgan fingerprint density at radius 3 is 2.11 bits per heavy atom. The zero-order chi connectivity index (χ0) is 12.0. The molecule has 0 aliphatic heterocycles. The minimum Gasteiger partial charge on any atom is -0.351 e. The Labute approximate surface area is 116 Å². The maximum absolute atomic E-state index is 11.9. The van der Waals surface area contributed by atoms with Crippen molar-refractivity contribution >= 4 is 18.3 Å². The van der Waals surface area contributed by atoms with Crippen LogP contribution in [0.25, 0.3) is 0 Å². The van der Waals surface area contributed by atoms with Gasteiger partial charge in [-0.25, -0.2) is 0 Å². The van der Waals surface area contributed by atoms with E-state index in [-0.39, 0.29) is 24.4 Å². The molecule has 4 heteroatoms. The Hall–Kier alpha value is -0.280. The lowest BCUT2D eigenvalue weighted by atomic mass is 9.54. The van der Waals surface area contributed by atoms with Crippen molar-refractivity contribution in [2.75, 3.05) is 0 Å². The van der Waals surface area contributed by atoms with Crippen LogP contribution in [0.3, 0.4) is 0 Å². The second-order valence-corrected chi connectivity index (χ2v) is 6.48. The smallest absolute Gasteiger partial charge is 0.237 e. The van der Waals surface area contributed by atoms with Crippen molar-refractivity contribution in [3.63, 3.8) is 0 Å². The SMILES string of the molecule is CC[C@H](N)C(=O)NC1C2CC3CC(C2)CC1C3.Cl. The van der Waals surface area contributed by atoms with Gasteiger partial charge in [-0.2, -0.15) is 0 Å². The van der Waals surface area contributed by atoms with Crippen molar-refractivity contribution in [2.45, 2.75) is 57.5 Å². The Morgan fingerprint density at radius 2 is 1.67 bits per heavy atom. The van der Waals surface area contributed by atoms with Gasteiger partial charge in [0.15, 0.2) is 0 Å². The number of nitrogens with two attached hydrogens (primary N) is 1. The normalized spacial score (nSPS) is 42.2. The lowest BCUT2D eigenvalue weighted by Crippen LogP contribution is -2.58. The first-order valence-corrected chi connectivity index (χ1v) is 7.23. The van der Waals surface area contributed by atoms with Gasteiger partial charge < -0.3 is 11.1 Å². The predicted molar refractivity (Wildman–Crippen MR) is 74.5 cm³/mol. The van der Waals surface area contributed by atoms with Crippen LogP contribution < -0.4 is 11.1 Å². The van der Waals surface area contributed by atoms with E-state index in [0.29, 0.717) is 6.04 Å². The number of carbonyl (C=O) groups is 1. The topological polar surface area (TPSA) is 55.1 Å². The van der Waals surface area contributed by atoms with Gasteiger partial charge >= 0.3 is 0 Å².